The molecule has 2 amide bonds. The van der Waals surface area contributed by atoms with Crippen LogP contribution in [0.3, 0.4) is 0 Å². The molecule has 0 aromatic heterocycles. The topological polar surface area (TPSA) is 123 Å². The number of amides is 2. The summed E-state index contributed by atoms with van der Waals surface area (Å²) in [5.74, 6) is -0.769. The number of hydrogen-bond acceptors (Lipinski definition) is 7. The lowest BCUT2D eigenvalue weighted by molar-refractivity contribution is -0.197. The predicted molar refractivity (Wildman–Crippen MR) is 191 cm³/mol. The second kappa shape index (κ2) is 19.4. The lowest BCUT2D eigenvalue weighted by Gasteiger charge is -2.31. The van der Waals surface area contributed by atoms with E-state index in [4.69, 9.17) is 15.2 Å². The van der Waals surface area contributed by atoms with E-state index in [1.807, 2.05) is 84.0 Å². The van der Waals surface area contributed by atoms with Gasteiger partial charge in [-0.15, -0.1) is 12.4 Å². The first-order valence-electron chi connectivity index (χ1n) is 16.3. The first-order valence-corrected chi connectivity index (χ1v) is 16.3. The van der Waals surface area contributed by atoms with Crippen LogP contribution in [0.2, 0.25) is 0 Å². The van der Waals surface area contributed by atoms with Crippen LogP contribution in [0.4, 0.5) is 21.9 Å². The van der Waals surface area contributed by atoms with E-state index >= 15 is 0 Å². The maximum Gasteiger partial charge on any atom is 0.326 e. The van der Waals surface area contributed by atoms with Gasteiger partial charge in [0.1, 0.15) is 6.04 Å². The summed E-state index contributed by atoms with van der Waals surface area (Å²) in [6.07, 6.45) is -0.281. The van der Waals surface area contributed by atoms with Crippen LogP contribution in [0.5, 0.6) is 0 Å². The number of aryl methyl sites for hydroxylation is 1. The van der Waals surface area contributed by atoms with Gasteiger partial charge in [0.25, 0.3) is 0 Å². The smallest absolute Gasteiger partial charge is 0.326 e. The highest BCUT2D eigenvalue weighted by molar-refractivity contribution is 6.02. The number of nitrogens with zero attached hydrogens (tertiary/aromatic N) is 1. The largest absolute Gasteiger partial charge is 0.425 e. The number of urea groups is 1. The number of rotatable bonds is 16. The van der Waals surface area contributed by atoms with Gasteiger partial charge in [-0.2, -0.15) is 0 Å². The van der Waals surface area contributed by atoms with Gasteiger partial charge in [-0.3, -0.25) is 9.59 Å². The molecule has 2 rings (SSSR count). The lowest BCUT2D eigenvalue weighted by atomic mass is 9.92. The number of halogens is 1. The van der Waals surface area contributed by atoms with E-state index in [1.54, 1.807) is 0 Å². The highest BCUT2D eigenvalue weighted by Gasteiger charge is 2.28. The summed E-state index contributed by atoms with van der Waals surface area (Å²) >= 11 is 0. The number of carbonyl (C=O) groups is 3. The minimum atomic E-state index is -1.03. The van der Waals surface area contributed by atoms with E-state index < -0.39 is 24.3 Å². The van der Waals surface area contributed by atoms with Crippen molar-refractivity contribution in [1.29, 1.82) is 0 Å². The van der Waals surface area contributed by atoms with Gasteiger partial charge in [0.05, 0.1) is 17.8 Å². The highest BCUT2D eigenvalue weighted by atomic mass is 35.5. The molecule has 3 atom stereocenters. The third-order valence-electron chi connectivity index (χ3n) is 7.48. The van der Waals surface area contributed by atoms with Crippen LogP contribution in [0.1, 0.15) is 92.2 Å². The Bertz CT molecular complexity index is 1240. The molecule has 2 aromatic carbocycles. The summed E-state index contributed by atoms with van der Waals surface area (Å²) in [7, 11) is 0. The molecule has 0 aliphatic heterocycles. The van der Waals surface area contributed by atoms with Gasteiger partial charge >= 0.3 is 18.0 Å². The Kier molecular flexibility index (Phi) is 17.2. The van der Waals surface area contributed by atoms with E-state index in [-0.39, 0.29) is 42.6 Å². The zero-order valence-corrected chi connectivity index (χ0v) is 30.2. The molecular weight excluding hydrogens is 604 g/mol. The fourth-order valence-electron chi connectivity index (χ4n) is 4.90. The van der Waals surface area contributed by atoms with E-state index in [9.17, 15) is 14.4 Å². The monoisotopic (exact) mass is 660 g/mol. The molecule has 46 heavy (non-hydrogen) atoms. The summed E-state index contributed by atoms with van der Waals surface area (Å²) in [6.45, 7) is 21.7. The van der Waals surface area contributed by atoms with Crippen molar-refractivity contribution in [3.05, 3.63) is 53.6 Å². The first-order chi connectivity index (χ1) is 21.1. The molecule has 258 valence electrons. The van der Waals surface area contributed by atoms with Gasteiger partial charge in [-0.05, 0) is 66.8 Å². The van der Waals surface area contributed by atoms with Gasteiger partial charge in [0, 0.05) is 24.7 Å². The van der Waals surface area contributed by atoms with Crippen molar-refractivity contribution in [2.75, 3.05) is 28.6 Å². The molecule has 0 heterocycles. The van der Waals surface area contributed by atoms with Crippen LogP contribution in [0.15, 0.2) is 42.5 Å². The van der Waals surface area contributed by atoms with Crippen molar-refractivity contribution in [1.82, 2.24) is 0 Å². The van der Waals surface area contributed by atoms with Crippen LogP contribution in [0.25, 0.3) is 0 Å². The van der Waals surface area contributed by atoms with Crippen molar-refractivity contribution in [2.45, 2.75) is 100 Å². The molecule has 4 N–H and O–H groups in total. The van der Waals surface area contributed by atoms with E-state index in [0.29, 0.717) is 29.6 Å². The molecule has 0 fully saturated rings. The first kappa shape index (κ1) is 40.7. The van der Waals surface area contributed by atoms with Crippen molar-refractivity contribution < 1.29 is 23.9 Å². The quantitative estimate of drug-likeness (QED) is 0.123. The van der Waals surface area contributed by atoms with Gasteiger partial charge in [0.2, 0.25) is 6.29 Å². The summed E-state index contributed by atoms with van der Waals surface area (Å²) in [6, 6.07) is 12.5. The van der Waals surface area contributed by atoms with Crippen LogP contribution in [-0.4, -0.2) is 43.4 Å². The molecule has 2 aromatic rings. The normalized spacial score (nSPS) is 13.2. The molecule has 0 bridgehead atoms. The molecule has 0 spiro atoms. The number of ether oxygens (including phenoxy) is 2. The molecule has 0 aliphatic carbocycles. The predicted octanol–water partition coefficient (Wildman–Crippen LogP) is 8.11. The molecule has 0 radical (unpaired) electrons. The molecule has 0 saturated heterocycles. The van der Waals surface area contributed by atoms with Crippen LogP contribution >= 0.6 is 12.4 Å². The van der Waals surface area contributed by atoms with Crippen LogP contribution in [0, 0.1) is 30.6 Å². The fraction of sp³-hybridized carbons (Fsp3) is 0.583. The van der Waals surface area contributed by atoms with Gasteiger partial charge in [-0.25, -0.2) is 4.79 Å². The van der Waals surface area contributed by atoms with Gasteiger partial charge < -0.3 is 30.7 Å². The van der Waals surface area contributed by atoms with Crippen LogP contribution in [-0.2, 0) is 19.1 Å². The van der Waals surface area contributed by atoms with E-state index in [1.165, 1.54) is 0 Å². The maximum absolute atomic E-state index is 13.2. The van der Waals surface area contributed by atoms with E-state index in [0.717, 1.165) is 29.9 Å². The fourth-order valence-corrected chi connectivity index (χ4v) is 4.90. The molecule has 0 saturated carbocycles. The second-order valence-corrected chi connectivity index (χ2v) is 13.5. The summed E-state index contributed by atoms with van der Waals surface area (Å²) in [4.78, 5) is 41.2. The summed E-state index contributed by atoms with van der Waals surface area (Å²) in [5, 5.41) is 6.01. The lowest BCUT2D eigenvalue weighted by Crippen LogP contribution is -2.41. The number of nitrogens with one attached hydrogen (secondary N) is 2. The zero-order chi connectivity index (χ0) is 33.8. The van der Waals surface area contributed by atoms with Gasteiger partial charge in [-0.1, -0.05) is 86.1 Å². The number of nitrogens with two attached hydrogens (primary N) is 1. The van der Waals surface area contributed by atoms with Crippen molar-refractivity contribution in [3.63, 3.8) is 0 Å². The Morgan fingerprint density at radius 1 is 0.826 bits per heavy atom. The Hall–Kier alpha value is -3.30. The van der Waals surface area contributed by atoms with Crippen molar-refractivity contribution in [2.24, 2.45) is 29.4 Å². The number of esters is 2. The number of hydrogen-bond donors (Lipinski definition) is 3. The Morgan fingerprint density at radius 2 is 1.41 bits per heavy atom. The SMILES string of the molecule is CCC(CC(=O)OC(OC(=O)[C@@H](N)C(C)C)C(C)C)c1ccc(N(CC(C)C)CC(C)C)c(NC(=O)Nc2ccc(C)cc2)c1.Cl. The van der Waals surface area contributed by atoms with Crippen molar-refractivity contribution in [3.8, 4) is 0 Å². The van der Waals surface area contributed by atoms with Crippen LogP contribution < -0.4 is 21.3 Å². The average Bonchev–Trinajstić information content (AvgIpc) is 2.95. The molecule has 2 unspecified atom stereocenters. The standard InChI is InChI=1S/C36H56N4O5.ClH/c1-11-27(19-32(41)44-35(25(8)9)45-34(42)33(37)24(6)7)28-14-17-31(40(20-22(2)3)21-23(4)5)30(18-28)39-36(43)38-29-15-12-26(10)13-16-29;/h12-18,22-25,27,33,35H,11,19-21,37H2,1-10H3,(H2,38,39,43);1H/t27?,33-,35?;/m0./s1. The molecule has 9 nitrogen and oxygen atoms in total. The number of carbonyl (C=O) groups excluding carboxylic acids is 3. The third-order valence-corrected chi connectivity index (χ3v) is 7.48. The Labute approximate surface area is 282 Å². The minimum absolute atomic E-state index is 0. The zero-order valence-electron chi connectivity index (χ0n) is 29.4. The number of anilines is 3. The molecule has 10 heteroatoms. The Balaban J connectivity index is 0.0000106. The Morgan fingerprint density at radius 3 is 1.91 bits per heavy atom. The third kappa shape index (κ3) is 13.2. The minimum Gasteiger partial charge on any atom is -0.425 e. The molecular formula is C36H57ClN4O5. The van der Waals surface area contributed by atoms with E-state index in [2.05, 4.69) is 43.2 Å². The highest BCUT2D eigenvalue weighted by Crippen LogP contribution is 2.34. The van der Waals surface area contributed by atoms with Gasteiger partial charge in [0.15, 0.2) is 0 Å². The summed E-state index contributed by atoms with van der Waals surface area (Å²) in [5.41, 5.74) is 10.2. The maximum atomic E-state index is 13.2. The second-order valence-electron chi connectivity index (χ2n) is 13.5. The molecule has 0 aliphatic rings. The van der Waals surface area contributed by atoms with Crippen molar-refractivity contribution >= 4 is 47.4 Å². The number of benzene rings is 2. The summed E-state index contributed by atoms with van der Waals surface area (Å²) < 4.78 is 11.1. The average molecular weight is 661 g/mol.